The number of morpholine rings is 1. The highest BCUT2D eigenvalue weighted by molar-refractivity contribution is 7.13. The average molecular weight is 342 g/mol. The number of rotatable bonds is 3. The van der Waals surface area contributed by atoms with Crippen LogP contribution in [0.5, 0.6) is 0 Å². The number of benzene rings is 1. The number of fused-ring (bicyclic) bond motifs is 1. The number of aromatic nitrogens is 1. The maximum absolute atomic E-state index is 12.8. The summed E-state index contributed by atoms with van der Waals surface area (Å²) in [5.74, 6) is 0.195. The van der Waals surface area contributed by atoms with Crippen LogP contribution >= 0.6 is 11.3 Å². The third kappa shape index (κ3) is 3.23. The van der Waals surface area contributed by atoms with Crippen molar-refractivity contribution in [2.24, 2.45) is 0 Å². The largest absolute Gasteiger partial charge is 0.374 e. The van der Waals surface area contributed by atoms with Gasteiger partial charge in [0.25, 0.3) is 0 Å². The molecule has 1 amide bonds. The molecule has 2 atom stereocenters. The lowest BCUT2D eigenvalue weighted by Crippen LogP contribution is -2.55. The summed E-state index contributed by atoms with van der Waals surface area (Å²) < 4.78 is 5.87. The zero-order chi connectivity index (χ0) is 16.4. The third-order valence-electron chi connectivity index (χ3n) is 4.96. The van der Waals surface area contributed by atoms with Crippen LogP contribution in [0.3, 0.4) is 0 Å². The molecule has 1 aliphatic heterocycles. The molecule has 4 nitrogen and oxygen atoms in total. The second-order valence-electron chi connectivity index (χ2n) is 6.53. The van der Waals surface area contributed by atoms with Crippen molar-refractivity contribution in [2.75, 3.05) is 13.2 Å². The second kappa shape index (κ2) is 7.03. The van der Waals surface area contributed by atoms with Crippen LogP contribution in [0.1, 0.15) is 31.4 Å². The van der Waals surface area contributed by atoms with E-state index in [0.717, 1.165) is 35.7 Å². The minimum atomic E-state index is 0.195. The van der Waals surface area contributed by atoms with E-state index in [1.165, 1.54) is 12.8 Å². The van der Waals surface area contributed by atoms with Crippen LogP contribution in [0.2, 0.25) is 0 Å². The predicted octanol–water partition coefficient (Wildman–Crippen LogP) is 3.52. The zero-order valence-corrected chi connectivity index (χ0v) is 14.5. The fourth-order valence-corrected chi connectivity index (χ4v) is 4.59. The third-order valence-corrected chi connectivity index (χ3v) is 5.90. The Hall–Kier alpha value is -1.72. The molecule has 4 rings (SSSR count). The minimum absolute atomic E-state index is 0.195. The Labute approximate surface area is 146 Å². The molecule has 0 spiro atoms. The Kier molecular flexibility index (Phi) is 4.63. The minimum Gasteiger partial charge on any atom is -0.374 e. The number of amides is 1. The molecule has 24 heavy (non-hydrogen) atoms. The van der Waals surface area contributed by atoms with Gasteiger partial charge in [0.15, 0.2) is 0 Å². The molecule has 1 saturated heterocycles. The van der Waals surface area contributed by atoms with Crippen LogP contribution < -0.4 is 0 Å². The highest BCUT2D eigenvalue weighted by Crippen LogP contribution is 2.29. The molecule has 2 unspecified atom stereocenters. The van der Waals surface area contributed by atoms with Gasteiger partial charge >= 0.3 is 0 Å². The van der Waals surface area contributed by atoms with Gasteiger partial charge in [0, 0.05) is 17.5 Å². The maximum Gasteiger partial charge on any atom is 0.229 e. The van der Waals surface area contributed by atoms with Gasteiger partial charge in [-0.1, -0.05) is 43.2 Å². The van der Waals surface area contributed by atoms with Crippen LogP contribution in [0.25, 0.3) is 10.6 Å². The van der Waals surface area contributed by atoms with E-state index in [9.17, 15) is 4.79 Å². The Morgan fingerprint density at radius 1 is 1.25 bits per heavy atom. The molecule has 2 aromatic rings. The van der Waals surface area contributed by atoms with Crippen LogP contribution in [-0.4, -0.2) is 41.1 Å². The van der Waals surface area contributed by atoms with Crippen molar-refractivity contribution in [2.45, 2.75) is 44.2 Å². The molecule has 0 bridgehead atoms. The Morgan fingerprint density at radius 3 is 2.96 bits per heavy atom. The van der Waals surface area contributed by atoms with Crippen molar-refractivity contribution in [3.8, 4) is 10.6 Å². The number of hydrogen-bond donors (Lipinski definition) is 0. The van der Waals surface area contributed by atoms with Crippen molar-refractivity contribution in [3.05, 3.63) is 41.4 Å². The molecule has 2 fully saturated rings. The van der Waals surface area contributed by atoms with E-state index < -0.39 is 0 Å². The Bertz CT molecular complexity index is 698. The lowest BCUT2D eigenvalue weighted by Gasteiger charge is -2.43. The number of nitrogens with zero attached hydrogens (tertiary/aromatic N) is 2. The standard InChI is InChI=1S/C19H22N2O2S/c22-18(21-10-11-23-17-9-5-4-8-16(17)21)12-15-13-24-19(20-15)14-6-2-1-3-7-14/h1-3,6-7,13,16-17H,4-5,8-12H2. The molecule has 126 valence electrons. The Balaban J connectivity index is 1.45. The molecule has 0 N–H and O–H groups in total. The number of ether oxygens (including phenoxy) is 1. The van der Waals surface area contributed by atoms with E-state index >= 15 is 0 Å². The first-order chi connectivity index (χ1) is 11.8. The quantitative estimate of drug-likeness (QED) is 0.857. The van der Waals surface area contributed by atoms with E-state index in [0.29, 0.717) is 13.0 Å². The lowest BCUT2D eigenvalue weighted by molar-refractivity contribution is -0.148. The highest BCUT2D eigenvalue weighted by atomic mass is 32.1. The van der Waals surface area contributed by atoms with Crippen molar-refractivity contribution in [1.82, 2.24) is 9.88 Å². The molecule has 1 aromatic heterocycles. The lowest BCUT2D eigenvalue weighted by atomic mass is 9.90. The number of thiazole rings is 1. The van der Waals surface area contributed by atoms with Crippen LogP contribution in [-0.2, 0) is 16.0 Å². The SMILES string of the molecule is O=C(Cc1csc(-c2ccccc2)n1)N1CCOC2CCCCC21. The monoisotopic (exact) mass is 342 g/mol. The van der Waals surface area contributed by atoms with E-state index in [1.54, 1.807) is 11.3 Å². The summed E-state index contributed by atoms with van der Waals surface area (Å²) in [4.78, 5) is 19.5. The fraction of sp³-hybridized carbons (Fsp3) is 0.474. The van der Waals surface area contributed by atoms with Gasteiger partial charge in [-0.15, -0.1) is 11.3 Å². The van der Waals surface area contributed by atoms with Gasteiger partial charge in [-0.05, 0) is 12.8 Å². The van der Waals surface area contributed by atoms with Crippen molar-refractivity contribution in [1.29, 1.82) is 0 Å². The Morgan fingerprint density at radius 2 is 2.08 bits per heavy atom. The van der Waals surface area contributed by atoms with Gasteiger partial charge in [0.1, 0.15) is 5.01 Å². The highest BCUT2D eigenvalue weighted by Gasteiger charge is 2.36. The van der Waals surface area contributed by atoms with Gasteiger partial charge in [-0.2, -0.15) is 0 Å². The number of carbonyl (C=O) groups excluding carboxylic acids is 1. The molecule has 2 heterocycles. The van der Waals surface area contributed by atoms with E-state index in [-0.39, 0.29) is 18.1 Å². The molecule has 1 saturated carbocycles. The second-order valence-corrected chi connectivity index (χ2v) is 7.39. The molecular formula is C19H22N2O2S. The molecule has 2 aliphatic rings. The number of carbonyl (C=O) groups is 1. The molecule has 0 radical (unpaired) electrons. The first kappa shape index (κ1) is 15.8. The summed E-state index contributed by atoms with van der Waals surface area (Å²) in [5.41, 5.74) is 1.99. The van der Waals surface area contributed by atoms with Crippen LogP contribution in [0, 0.1) is 0 Å². The summed E-state index contributed by atoms with van der Waals surface area (Å²) in [7, 11) is 0. The van der Waals surface area contributed by atoms with Crippen molar-refractivity contribution < 1.29 is 9.53 Å². The molecule has 1 aliphatic carbocycles. The summed E-state index contributed by atoms with van der Waals surface area (Å²) in [6.45, 7) is 1.38. The first-order valence-electron chi connectivity index (χ1n) is 8.72. The van der Waals surface area contributed by atoms with Gasteiger partial charge in [-0.3, -0.25) is 4.79 Å². The van der Waals surface area contributed by atoms with E-state index in [1.807, 2.05) is 23.6 Å². The van der Waals surface area contributed by atoms with Crippen LogP contribution in [0.15, 0.2) is 35.7 Å². The van der Waals surface area contributed by atoms with E-state index in [4.69, 9.17) is 4.74 Å². The maximum atomic E-state index is 12.8. The fourth-order valence-electron chi connectivity index (χ4n) is 3.76. The van der Waals surface area contributed by atoms with Gasteiger partial charge in [0.05, 0.1) is 30.9 Å². The molecular weight excluding hydrogens is 320 g/mol. The topological polar surface area (TPSA) is 42.4 Å². The van der Waals surface area contributed by atoms with E-state index in [2.05, 4.69) is 22.0 Å². The first-order valence-corrected chi connectivity index (χ1v) is 9.60. The molecule has 1 aromatic carbocycles. The normalized spacial score (nSPS) is 23.8. The smallest absolute Gasteiger partial charge is 0.229 e. The summed E-state index contributed by atoms with van der Waals surface area (Å²) >= 11 is 1.61. The number of hydrogen-bond acceptors (Lipinski definition) is 4. The van der Waals surface area contributed by atoms with Crippen molar-refractivity contribution >= 4 is 17.2 Å². The van der Waals surface area contributed by atoms with Crippen molar-refractivity contribution in [3.63, 3.8) is 0 Å². The molecule has 5 heteroatoms. The summed E-state index contributed by atoms with van der Waals surface area (Å²) in [6, 6.07) is 10.4. The summed E-state index contributed by atoms with van der Waals surface area (Å²) in [6.07, 6.45) is 5.21. The van der Waals surface area contributed by atoms with Gasteiger partial charge in [-0.25, -0.2) is 4.98 Å². The summed E-state index contributed by atoms with van der Waals surface area (Å²) in [5, 5.41) is 3.00. The predicted molar refractivity (Wildman–Crippen MR) is 95.0 cm³/mol. The van der Waals surface area contributed by atoms with Gasteiger partial charge < -0.3 is 9.64 Å². The van der Waals surface area contributed by atoms with Gasteiger partial charge in [0.2, 0.25) is 5.91 Å². The van der Waals surface area contributed by atoms with Crippen LogP contribution in [0.4, 0.5) is 0 Å². The zero-order valence-electron chi connectivity index (χ0n) is 13.7. The average Bonchev–Trinajstić information content (AvgIpc) is 3.10.